The molecule has 0 aromatic heterocycles. The molecule has 2 heterocycles. The number of alkyl halides is 6. The molecular weight excluding hydrogens is 436 g/mol. The number of hydrogen-bond acceptors (Lipinski definition) is 3. The lowest BCUT2D eigenvalue weighted by Crippen LogP contribution is -2.42. The minimum absolute atomic E-state index is 0.137. The summed E-state index contributed by atoms with van der Waals surface area (Å²) in [4.78, 5) is 17.0. The second-order valence-corrected chi connectivity index (χ2v) is 7.32. The summed E-state index contributed by atoms with van der Waals surface area (Å²) in [7, 11) is 0. The van der Waals surface area contributed by atoms with E-state index in [0.29, 0.717) is 28.1 Å². The summed E-state index contributed by atoms with van der Waals surface area (Å²) < 4.78 is 76.9. The van der Waals surface area contributed by atoms with Gasteiger partial charge in [-0.1, -0.05) is 24.3 Å². The zero-order valence-corrected chi connectivity index (χ0v) is 16.5. The minimum atomic E-state index is -4.48. The van der Waals surface area contributed by atoms with Gasteiger partial charge in [0, 0.05) is 5.57 Å². The highest BCUT2D eigenvalue weighted by atomic mass is 19.4. The first-order chi connectivity index (χ1) is 14.9. The molecule has 10 heteroatoms. The molecule has 0 aliphatic carbocycles. The number of hydrogen-bond donors (Lipinski definition) is 0. The zero-order valence-electron chi connectivity index (χ0n) is 16.5. The van der Waals surface area contributed by atoms with Crippen LogP contribution >= 0.6 is 0 Å². The van der Waals surface area contributed by atoms with E-state index in [1.54, 1.807) is 13.0 Å². The number of carbonyl (C=O) groups is 1. The third kappa shape index (κ3) is 4.17. The van der Waals surface area contributed by atoms with E-state index in [2.05, 4.69) is 10.1 Å². The normalized spacial score (nSPS) is 19.2. The van der Waals surface area contributed by atoms with Gasteiger partial charge in [0.1, 0.15) is 0 Å². The molecule has 2 aliphatic rings. The number of aliphatic imine (C=N–C) groups is 1. The van der Waals surface area contributed by atoms with Gasteiger partial charge in [-0.2, -0.15) is 31.4 Å². The van der Waals surface area contributed by atoms with Crippen molar-refractivity contribution in [1.82, 2.24) is 5.01 Å². The fourth-order valence-electron chi connectivity index (χ4n) is 3.51. The van der Waals surface area contributed by atoms with Crippen LogP contribution in [0.1, 0.15) is 35.6 Å². The van der Waals surface area contributed by atoms with Crippen LogP contribution in [0.15, 0.2) is 64.7 Å². The highest BCUT2D eigenvalue weighted by Crippen LogP contribution is 2.33. The van der Waals surface area contributed by atoms with Crippen molar-refractivity contribution in [3.8, 4) is 0 Å². The number of rotatable bonds is 2. The van der Waals surface area contributed by atoms with Gasteiger partial charge in [-0.15, -0.1) is 0 Å². The van der Waals surface area contributed by atoms with Crippen molar-refractivity contribution in [2.45, 2.75) is 31.9 Å². The van der Waals surface area contributed by atoms with Crippen LogP contribution in [0.2, 0.25) is 0 Å². The fourth-order valence-corrected chi connectivity index (χ4v) is 3.51. The Hall–Kier alpha value is -3.43. The van der Waals surface area contributed by atoms with E-state index in [1.807, 2.05) is 0 Å². The molecule has 0 N–H and O–H groups in total. The van der Waals surface area contributed by atoms with E-state index in [0.717, 1.165) is 29.3 Å². The number of carbonyl (C=O) groups excluding carboxylic acids is 1. The van der Waals surface area contributed by atoms with Crippen LogP contribution in [-0.2, 0) is 17.1 Å². The molecular formula is C22H15F6N3O. The second-order valence-electron chi connectivity index (χ2n) is 7.32. The van der Waals surface area contributed by atoms with Crippen molar-refractivity contribution >= 4 is 22.9 Å². The Morgan fingerprint density at radius 2 is 1.34 bits per heavy atom. The van der Waals surface area contributed by atoms with Gasteiger partial charge in [0.15, 0.2) is 6.17 Å². The van der Waals surface area contributed by atoms with Crippen molar-refractivity contribution in [3.63, 3.8) is 0 Å². The number of amides is 1. The van der Waals surface area contributed by atoms with Crippen LogP contribution in [0, 0.1) is 0 Å². The number of hydrazone groups is 1. The van der Waals surface area contributed by atoms with Crippen LogP contribution in [0.4, 0.5) is 26.3 Å². The van der Waals surface area contributed by atoms with E-state index in [-0.39, 0.29) is 12.3 Å². The molecule has 4 rings (SSSR count). The Kier molecular flexibility index (Phi) is 5.18. The summed E-state index contributed by atoms with van der Waals surface area (Å²) in [6.07, 6.45) is -8.33. The zero-order chi connectivity index (χ0) is 23.3. The van der Waals surface area contributed by atoms with Crippen molar-refractivity contribution in [2.75, 3.05) is 0 Å². The Labute approximate surface area is 178 Å². The van der Waals surface area contributed by atoms with Gasteiger partial charge in [-0.25, -0.2) is 5.01 Å². The average Bonchev–Trinajstić information content (AvgIpc) is 2.73. The minimum Gasteiger partial charge on any atom is -0.272 e. The van der Waals surface area contributed by atoms with E-state index in [9.17, 15) is 31.1 Å². The molecule has 1 atom stereocenters. The Morgan fingerprint density at radius 3 is 1.84 bits per heavy atom. The van der Waals surface area contributed by atoms with Gasteiger partial charge in [-0.05, 0) is 48.4 Å². The lowest BCUT2D eigenvalue weighted by Gasteiger charge is -2.32. The predicted octanol–water partition coefficient (Wildman–Crippen LogP) is 5.54. The lowest BCUT2D eigenvalue weighted by molar-refractivity contribution is -0.138. The molecule has 0 fully saturated rings. The highest BCUT2D eigenvalue weighted by molar-refractivity contribution is 6.24. The van der Waals surface area contributed by atoms with Crippen molar-refractivity contribution < 1.29 is 31.1 Å². The maximum atomic E-state index is 12.8. The number of halogens is 6. The summed E-state index contributed by atoms with van der Waals surface area (Å²) in [5, 5.41) is 5.41. The van der Waals surface area contributed by atoms with Crippen LogP contribution in [0.25, 0.3) is 5.57 Å². The molecule has 2 aromatic rings. The van der Waals surface area contributed by atoms with Crippen molar-refractivity contribution in [1.29, 1.82) is 0 Å². The maximum Gasteiger partial charge on any atom is 0.416 e. The molecule has 0 bridgehead atoms. The van der Waals surface area contributed by atoms with Crippen LogP contribution < -0.4 is 0 Å². The summed E-state index contributed by atoms with van der Waals surface area (Å²) in [5.74, 6) is -0.387. The Balaban J connectivity index is 1.67. The molecule has 32 heavy (non-hydrogen) atoms. The molecule has 1 unspecified atom stereocenters. The van der Waals surface area contributed by atoms with Gasteiger partial charge in [0.2, 0.25) is 0 Å². The number of fused-ring (bicyclic) bond motifs is 1. The largest absolute Gasteiger partial charge is 0.416 e. The van der Waals surface area contributed by atoms with E-state index in [4.69, 9.17) is 0 Å². The molecule has 0 spiro atoms. The number of allylic oxidation sites excluding steroid dienone is 1. The van der Waals surface area contributed by atoms with Gasteiger partial charge >= 0.3 is 12.4 Å². The topological polar surface area (TPSA) is 45.0 Å². The summed E-state index contributed by atoms with van der Waals surface area (Å²) in [5.41, 5.74) is 0.512. The summed E-state index contributed by atoms with van der Waals surface area (Å²) >= 11 is 0. The van der Waals surface area contributed by atoms with Gasteiger partial charge in [-0.3, -0.25) is 9.79 Å². The van der Waals surface area contributed by atoms with Gasteiger partial charge in [0.05, 0.1) is 29.0 Å². The fraction of sp³-hybridized carbons (Fsp3) is 0.227. The first kappa shape index (κ1) is 21.8. The smallest absolute Gasteiger partial charge is 0.272 e. The number of benzene rings is 2. The van der Waals surface area contributed by atoms with Crippen molar-refractivity contribution in [3.05, 3.63) is 76.9 Å². The summed E-state index contributed by atoms with van der Waals surface area (Å²) in [6, 6.07) is 8.88. The van der Waals surface area contributed by atoms with Crippen LogP contribution in [0.5, 0.6) is 0 Å². The quantitative estimate of drug-likeness (QED) is 0.553. The number of nitrogens with zero attached hydrogens (tertiary/aromatic N) is 3. The van der Waals surface area contributed by atoms with Crippen LogP contribution in [-0.4, -0.2) is 28.5 Å². The van der Waals surface area contributed by atoms with E-state index < -0.39 is 29.6 Å². The first-order valence-electron chi connectivity index (χ1n) is 9.45. The predicted molar refractivity (Wildman–Crippen MR) is 106 cm³/mol. The van der Waals surface area contributed by atoms with E-state index in [1.165, 1.54) is 24.3 Å². The standard InChI is InChI=1S/C22H15F6N3O/c1-12-17(13-2-6-15(7-3-13)21(23,24)25)10-19-29-18(11-20(32)31(19)30-12)14-4-8-16(9-5-14)22(26,27)28/h2-10,19H,11H2,1H3. The molecule has 1 amide bonds. The van der Waals surface area contributed by atoms with Gasteiger partial charge < -0.3 is 0 Å². The maximum absolute atomic E-state index is 12.8. The monoisotopic (exact) mass is 451 g/mol. The molecule has 4 nitrogen and oxygen atoms in total. The first-order valence-corrected chi connectivity index (χ1v) is 9.45. The molecule has 0 saturated carbocycles. The summed E-state index contributed by atoms with van der Waals surface area (Å²) in [6.45, 7) is 1.63. The third-order valence-corrected chi connectivity index (χ3v) is 5.14. The van der Waals surface area contributed by atoms with Gasteiger partial charge in [0.25, 0.3) is 5.91 Å². The second kappa shape index (κ2) is 7.61. The van der Waals surface area contributed by atoms with Crippen LogP contribution in [0.3, 0.4) is 0 Å². The lowest BCUT2D eigenvalue weighted by atomic mass is 9.97. The molecule has 2 aromatic carbocycles. The third-order valence-electron chi connectivity index (χ3n) is 5.14. The van der Waals surface area contributed by atoms with Crippen molar-refractivity contribution in [2.24, 2.45) is 10.1 Å². The SMILES string of the molecule is CC1=NN2C(=O)CC(c3ccc(C(F)(F)F)cc3)=NC2C=C1c1ccc(C(F)(F)F)cc1. The highest BCUT2D eigenvalue weighted by Gasteiger charge is 2.34. The van der Waals surface area contributed by atoms with E-state index >= 15 is 0 Å². The average molecular weight is 451 g/mol. The Bertz CT molecular complexity index is 1140. The molecule has 0 saturated heterocycles. The molecule has 166 valence electrons. The molecule has 0 radical (unpaired) electrons. The Morgan fingerprint density at radius 1 is 0.844 bits per heavy atom. The molecule has 2 aliphatic heterocycles.